The Kier molecular flexibility index (Phi) is 3.83. The fourth-order valence-corrected chi connectivity index (χ4v) is 2.50. The van der Waals surface area contributed by atoms with Gasteiger partial charge < -0.3 is 4.98 Å². The molecule has 22 heavy (non-hydrogen) atoms. The molecule has 0 saturated carbocycles. The number of H-pyrrole nitrogens is 1. The smallest absolute Gasteiger partial charge is 0.248 e. The monoisotopic (exact) mass is 297 g/mol. The lowest BCUT2D eigenvalue weighted by Gasteiger charge is -2.18. The molecule has 1 N–H and O–H groups in total. The van der Waals surface area contributed by atoms with Gasteiger partial charge in [-0.25, -0.2) is 8.78 Å². The Balaban J connectivity index is 2.15. The first kappa shape index (κ1) is 14.2. The molecule has 0 saturated heterocycles. The van der Waals surface area contributed by atoms with E-state index in [2.05, 4.69) is 4.98 Å². The van der Waals surface area contributed by atoms with Crippen LogP contribution in [-0.2, 0) is 0 Å². The summed E-state index contributed by atoms with van der Waals surface area (Å²) in [4.78, 5) is 14.4. The van der Waals surface area contributed by atoms with Crippen LogP contribution in [-0.4, -0.2) is 4.98 Å². The first-order chi connectivity index (χ1) is 10.6. The molecule has 0 aliphatic heterocycles. The van der Waals surface area contributed by atoms with E-state index in [1.165, 1.54) is 30.3 Å². The second-order valence-electron chi connectivity index (χ2n) is 5.01. The molecular weight excluding hydrogens is 284 g/mol. The van der Waals surface area contributed by atoms with Crippen LogP contribution in [0, 0.1) is 11.6 Å². The molecule has 0 aliphatic carbocycles. The van der Waals surface area contributed by atoms with E-state index in [0.717, 1.165) is 11.1 Å². The summed E-state index contributed by atoms with van der Waals surface area (Å²) in [5, 5.41) is 0. The van der Waals surface area contributed by atoms with Gasteiger partial charge in [-0.1, -0.05) is 30.3 Å². The number of nitrogens with one attached hydrogen (secondary N) is 1. The van der Waals surface area contributed by atoms with Crippen LogP contribution in [0.2, 0.25) is 0 Å². The predicted octanol–water partition coefficient (Wildman–Crippen LogP) is 3.83. The number of benzene rings is 2. The second-order valence-corrected chi connectivity index (χ2v) is 5.01. The van der Waals surface area contributed by atoms with Gasteiger partial charge in [0, 0.05) is 17.7 Å². The number of hydrogen-bond donors (Lipinski definition) is 1. The lowest BCUT2D eigenvalue weighted by atomic mass is 9.88. The summed E-state index contributed by atoms with van der Waals surface area (Å²) in [6.07, 6.45) is 0. The maximum absolute atomic E-state index is 13.2. The van der Waals surface area contributed by atoms with Crippen molar-refractivity contribution in [2.45, 2.75) is 5.92 Å². The average Bonchev–Trinajstić information content (AvgIpc) is 2.51. The van der Waals surface area contributed by atoms with Crippen molar-refractivity contribution in [2.75, 3.05) is 0 Å². The first-order valence-corrected chi connectivity index (χ1v) is 6.83. The topological polar surface area (TPSA) is 32.9 Å². The third-order valence-corrected chi connectivity index (χ3v) is 3.51. The van der Waals surface area contributed by atoms with Crippen molar-refractivity contribution in [3.05, 3.63) is 106 Å². The highest BCUT2D eigenvalue weighted by Crippen LogP contribution is 2.30. The minimum absolute atomic E-state index is 0.216. The van der Waals surface area contributed by atoms with Crippen LogP contribution < -0.4 is 5.56 Å². The van der Waals surface area contributed by atoms with E-state index in [-0.39, 0.29) is 23.1 Å². The lowest BCUT2D eigenvalue weighted by molar-refractivity contribution is 0.625. The number of rotatable bonds is 3. The van der Waals surface area contributed by atoms with Crippen molar-refractivity contribution in [2.24, 2.45) is 0 Å². The highest BCUT2D eigenvalue weighted by Gasteiger charge is 2.17. The summed E-state index contributed by atoms with van der Waals surface area (Å²) in [5.41, 5.74) is 2.09. The van der Waals surface area contributed by atoms with Crippen LogP contribution >= 0.6 is 0 Å². The molecule has 3 rings (SSSR count). The van der Waals surface area contributed by atoms with Crippen LogP contribution in [0.15, 0.2) is 71.5 Å². The molecule has 3 aromatic rings. The van der Waals surface area contributed by atoms with Gasteiger partial charge in [0.05, 0.1) is 0 Å². The van der Waals surface area contributed by atoms with Crippen LogP contribution in [0.25, 0.3) is 0 Å². The molecule has 2 nitrogen and oxygen atoms in total. The third kappa shape index (κ3) is 2.96. The van der Waals surface area contributed by atoms with Crippen molar-refractivity contribution in [3.63, 3.8) is 0 Å². The molecule has 0 aliphatic rings. The number of aromatic nitrogens is 1. The molecule has 2 aromatic carbocycles. The Morgan fingerprint density at radius 3 is 1.68 bits per heavy atom. The largest absolute Gasteiger partial charge is 0.325 e. The van der Waals surface area contributed by atoms with Crippen molar-refractivity contribution in [1.82, 2.24) is 4.98 Å². The summed E-state index contributed by atoms with van der Waals surface area (Å²) < 4.78 is 26.3. The molecule has 0 unspecified atom stereocenters. The zero-order valence-corrected chi connectivity index (χ0v) is 11.6. The van der Waals surface area contributed by atoms with E-state index in [9.17, 15) is 13.6 Å². The maximum Gasteiger partial charge on any atom is 0.248 e. The molecule has 0 fully saturated rings. The highest BCUT2D eigenvalue weighted by molar-refractivity contribution is 5.40. The van der Waals surface area contributed by atoms with Crippen molar-refractivity contribution in [1.29, 1.82) is 0 Å². The molecule has 0 amide bonds. The number of aromatic amines is 1. The number of halogens is 2. The summed E-state index contributed by atoms with van der Waals surface area (Å²) in [6, 6.07) is 17.0. The molecule has 0 radical (unpaired) electrons. The zero-order chi connectivity index (χ0) is 15.5. The Morgan fingerprint density at radius 1 is 0.727 bits per heavy atom. The molecule has 0 spiro atoms. The zero-order valence-electron chi connectivity index (χ0n) is 11.6. The van der Waals surface area contributed by atoms with E-state index in [0.29, 0.717) is 5.69 Å². The highest BCUT2D eigenvalue weighted by atomic mass is 19.1. The standard InChI is InChI=1S/C18H13F2NO/c19-14-8-4-12(5-9-14)18(13-6-10-15(20)11-7-13)16-2-1-3-17(22)21-16/h1-11,18H,(H,21,22). The van der Waals surface area contributed by atoms with Gasteiger partial charge in [-0.05, 0) is 41.5 Å². The SMILES string of the molecule is O=c1cccc(C(c2ccc(F)cc2)c2ccc(F)cc2)[nH]1. The van der Waals surface area contributed by atoms with Crippen LogP contribution in [0.1, 0.15) is 22.7 Å². The molecule has 110 valence electrons. The first-order valence-electron chi connectivity index (χ1n) is 6.83. The predicted molar refractivity (Wildman–Crippen MR) is 80.8 cm³/mol. The van der Waals surface area contributed by atoms with Crippen LogP contribution in [0.5, 0.6) is 0 Å². The van der Waals surface area contributed by atoms with E-state index in [4.69, 9.17) is 0 Å². The van der Waals surface area contributed by atoms with Gasteiger partial charge in [0.25, 0.3) is 0 Å². The van der Waals surface area contributed by atoms with Gasteiger partial charge in [-0.3, -0.25) is 4.79 Å². The number of hydrogen-bond acceptors (Lipinski definition) is 1. The van der Waals surface area contributed by atoms with Gasteiger partial charge in [-0.15, -0.1) is 0 Å². The minimum atomic E-state index is -0.330. The normalized spacial score (nSPS) is 10.9. The van der Waals surface area contributed by atoms with Gasteiger partial charge >= 0.3 is 0 Å². The molecule has 4 heteroatoms. The summed E-state index contributed by atoms with van der Waals surface area (Å²) in [5.74, 6) is -0.957. The molecule has 0 bridgehead atoms. The van der Waals surface area contributed by atoms with Crippen LogP contribution in [0.3, 0.4) is 0 Å². The molecular formula is C18H13F2NO. The fourth-order valence-electron chi connectivity index (χ4n) is 2.50. The quantitative estimate of drug-likeness (QED) is 0.783. The van der Waals surface area contributed by atoms with E-state index >= 15 is 0 Å². The Hall–Kier alpha value is -2.75. The Morgan fingerprint density at radius 2 is 1.23 bits per heavy atom. The molecule has 1 heterocycles. The Labute approximate surface area is 126 Å². The van der Waals surface area contributed by atoms with Gasteiger partial charge in [0.15, 0.2) is 0 Å². The van der Waals surface area contributed by atoms with Crippen molar-refractivity contribution < 1.29 is 8.78 Å². The van der Waals surface area contributed by atoms with Gasteiger partial charge in [-0.2, -0.15) is 0 Å². The Bertz CT molecular complexity index is 777. The summed E-state index contributed by atoms with van der Waals surface area (Å²) in [6.45, 7) is 0. The van der Waals surface area contributed by atoms with E-state index in [1.807, 2.05) is 0 Å². The summed E-state index contributed by atoms with van der Waals surface area (Å²) in [7, 11) is 0. The van der Waals surface area contributed by atoms with Gasteiger partial charge in [0.1, 0.15) is 11.6 Å². The van der Waals surface area contributed by atoms with Crippen molar-refractivity contribution in [3.8, 4) is 0 Å². The van der Waals surface area contributed by atoms with Gasteiger partial charge in [0.2, 0.25) is 5.56 Å². The number of pyridine rings is 1. The lowest BCUT2D eigenvalue weighted by Crippen LogP contribution is -2.12. The second kappa shape index (κ2) is 5.93. The fraction of sp³-hybridized carbons (Fsp3) is 0.0556. The third-order valence-electron chi connectivity index (χ3n) is 3.51. The minimum Gasteiger partial charge on any atom is -0.325 e. The molecule has 0 atom stereocenters. The maximum atomic E-state index is 13.2. The van der Waals surface area contributed by atoms with E-state index < -0.39 is 0 Å². The molecule has 1 aromatic heterocycles. The average molecular weight is 297 g/mol. The van der Waals surface area contributed by atoms with E-state index in [1.54, 1.807) is 36.4 Å². The summed E-state index contributed by atoms with van der Waals surface area (Å²) >= 11 is 0. The van der Waals surface area contributed by atoms with Crippen molar-refractivity contribution >= 4 is 0 Å². The van der Waals surface area contributed by atoms with Crippen LogP contribution in [0.4, 0.5) is 8.78 Å².